The van der Waals surface area contributed by atoms with Gasteiger partial charge in [-0.3, -0.25) is 4.79 Å². The molecule has 1 aliphatic heterocycles. The minimum Gasteiger partial charge on any atom is -0.465 e. The lowest BCUT2D eigenvalue weighted by Gasteiger charge is -2.36. The van der Waals surface area contributed by atoms with Crippen molar-refractivity contribution in [2.75, 3.05) is 38.2 Å². The summed E-state index contributed by atoms with van der Waals surface area (Å²) in [6.45, 7) is 2.23. The molecule has 0 radical (unpaired) electrons. The summed E-state index contributed by atoms with van der Waals surface area (Å²) >= 11 is 0. The van der Waals surface area contributed by atoms with E-state index in [-0.39, 0.29) is 47.3 Å². The number of methoxy groups -OCH3 is 1. The molecule has 1 fully saturated rings. The summed E-state index contributed by atoms with van der Waals surface area (Å²) in [5, 5.41) is 5.16. The Bertz CT molecular complexity index is 1250. The Kier molecular flexibility index (Phi) is 6.69. The number of Topliss-reactive ketones (excluding diaryl/α,β-unsaturated/α-hetero) is 1. The van der Waals surface area contributed by atoms with Crippen LogP contribution >= 0.6 is 0 Å². The van der Waals surface area contributed by atoms with Gasteiger partial charge in [-0.15, -0.1) is 0 Å². The highest BCUT2D eigenvalue weighted by atomic mass is 32.2. The van der Waals surface area contributed by atoms with E-state index in [9.17, 15) is 26.4 Å². The predicted octanol–water partition coefficient (Wildman–Crippen LogP) is 0.834. The van der Waals surface area contributed by atoms with Crippen LogP contribution in [0.2, 0.25) is 0 Å². The molecule has 10 nitrogen and oxygen atoms in total. The topological polar surface area (TPSA) is 144 Å². The van der Waals surface area contributed by atoms with Crippen LogP contribution < -0.4 is 10.0 Å². The predicted molar refractivity (Wildman–Crippen MR) is 117 cm³/mol. The van der Waals surface area contributed by atoms with E-state index in [4.69, 9.17) is 9.88 Å². The summed E-state index contributed by atoms with van der Waals surface area (Å²) < 4.78 is 55.3. The Morgan fingerprint density at radius 2 is 1.47 bits per heavy atom. The van der Waals surface area contributed by atoms with E-state index in [2.05, 4.69) is 0 Å². The van der Waals surface area contributed by atoms with E-state index < -0.39 is 26.0 Å². The summed E-state index contributed by atoms with van der Waals surface area (Å²) in [5.41, 5.74) is 0.870. The summed E-state index contributed by atoms with van der Waals surface area (Å²) in [6.07, 6.45) is 0. The maximum absolute atomic E-state index is 13.0. The van der Waals surface area contributed by atoms with Gasteiger partial charge in [0.15, 0.2) is 5.78 Å². The lowest BCUT2D eigenvalue weighted by Crippen LogP contribution is -2.49. The molecule has 2 aromatic rings. The summed E-state index contributed by atoms with van der Waals surface area (Å²) in [7, 11) is -6.60. The lowest BCUT2D eigenvalue weighted by atomic mass is 10.1. The third-order valence-electron chi connectivity index (χ3n) is 5.18. The first-order valence-corrected chi connectivity index (χ1v) is 12.5. The van der Waals surface area contributed by atoms with Gasteiger partial charge in [0.25, 0.3) is 0 Å². The van der Waals surface area contributed by atoms with Crippen LogP contribution in [-0.2, 0) is 24.8 Å². The molecule has 172 valence electrons. The third kappa shape index (κ3) is 4.83. The highest BCUT2D eigenvalue weighted by Crippen LogP contribution is 2.27. The summed E-state index contributed by atoms with van der Waals surface area (Å²) in [5.74, 6) is -0.886. The monoisotopic (exact) mass is 481 g/mol. The second-order valence-corrected chi connectivity index (χ2v) is 10.7. The first kappa shape index (κ1) is 23.9. The van der Waals surface area contributed by atoms with Crippen LogP contribution in [-0.4, -0.2) is 66.2 Å². The van der Waals surface area contributed by atoms with Crippen molar-refractivity contribution in [3.05, 3.63) is 53.6 Å². The van der Waals surface area contributed by atoms with E-state index in [0.717, 1.165) is 6.07 Å². The number of anilines is 1. The maximum Gasteiger partial charge on any atom is 0.340 e. The molecule has 0 aliphatic carbocycles. The quantitative estimate of drug-likeness (QED) is 0.472. The van der Waals surface area contributed by atoms with E-state index in [1.54, 1.807) is 4.90 Å². The molecular weight excluding hydrogens is 458 g/mol. The number of nitrogens with zero attached hydrogens (tertiary/aromatic N) is 2. The van der Waals surface area contributed by atoms with Gasteiger partial charge in [0.2, 0.25) is 20.0 Å². The summed E-state index contributed by atoms with van der Waals surface area (Å²) in [6, 6.07) is 9.64. The Labute approximate surface area is 186 Å². The van der Waals surface area contributed by atoms with Crippen LogP contribution in [0.25, 0.3) is 0 Å². The number of nitrogens with two attached hydrogens (primary N) is 1. The standard InChI is InChI=1S/C20H23N3O7S2/c1-14(24)15-3-5-16(6-4-15)32(28,29)23-11-9-22(10-12-23)19-8-7-17(31(21,26)27)13-18(19)20(25)30-2/h3-8,13H,9-12H2,1-2H3,(H2,21,26,27). The molecule has 32 heavy (non-hydrogen) atoms. The Hall–Kier alpha value is -2.80. The number of ketones is 1. The zero-order valence-electron chi connectivity index (χ0n) is 17.5. The van der Waals surface area contributed by atoms with Gasteiger partial charge in [-0.05, 0) is 37.3 Å². The van der Waals surface area contributed by atoms with Crippen LogP contribution in [0.5, 0.6) is 0 Å². The summed E-state index contributed by atoms with van der Waals surface area (Å²) in [4.78, 5) is 25.3. The van der Waals surface area contributed by atoms with Gasteiger partial charge in [0.1, 0.15) is 0 Å². The fourth-order valence-electron chi connectivity index (χ4n) is 3.42. The SMILES string of the molecule is COC(=O)c1cc(S(N)(=O)=O)ccc1N1CCN(S(=O)(=O)c2ccc(C(C)=O)cc2)CC1. The molecule has 2 N–H and O–H groups in total. The average molecular weight is 482 g/mol. The number of rotatable bonds is 6. The fourth-order valence-corrected chi connectivity index (χ4v) is 5.38. The Morgan fingerprint density at radius 1 is 0.906 bits per heavy atom. The molecule has 1 saturated heterocycles. The van der Waals surface area contributed by atoms with Crippen LogP contribution in [0.4, 0.5) is 5.69 Å². The van der Waals surface area contributed by atoms with Crippen molar-refractivity contribution in [3.63, 3.8) is 0 Å². The Morgan fingerprint density at radius 3 is 1.97 bits per heavy atom. The number of carbonyl (C=O) groups excluding carboxylic acids is 2. The molecular formula is C20H23N3O7S2. The highest BCUT2D eigenvalue weighted by molar-refractivity contribution is 7.89. The van der Waals surface area contributed by atoms with Crippen molar-refractivity contribution in [2.45, 2.75) is 16.7 Å². The number of carbonyl (C=O) groups is 2. The molecule has 0 spiro atoms. The molecule has 2 aromatic carbocycles. The minimum atomic E-state index is -4.02. The second kappa shape index (κ2) is 8.98. The number of primary sulfonamides is 1. The van der Waals surface area contributed by atoms with Crippen molar-refractivity contribution < 1.29 is 31.2 Å². The van der Waals surface area contributed by atoms with Crippen molar-refractivity contribution in [3.8, 4) is 0 Å². The van der Waals surface area contributed by atoms with E-state index >= 15 is 0 Å². The maximum atomic E-state index is 13.0. The molecule has 0 aromatic heterocycles. The second-order valence-electron chi connectivity index (χ2n) is 7.19. The van der Waals surface area contributed by atoms with Gasteiger partial charge >= 0.3 is 5.97 Å². The van der Waals surface area contributed by atoms with Crippen molar-refractivity contribution in [1.29, 1.82) is 0 Å². The number of sulfonamides is 2. The molecule has 0 amide bonds. The smallest absolute Gasteiger partial charge is 0.340 e. The van der Waals surface area contributed by atoms with Gasteiger partial charge in [0.05, 0.1) is 28.2 Å². The third-order valence-corrected chi connectivity index (χ3v) is 8.00. The van der Waals surface area contributed by atoms with Crippen molar-refractivity contribution >= 4 is 37.5 Å². The molecule has 0 unspecified atom stereocenters. The van der Waals surface area contributed by atoms with Gasteiger partial charge in [-0.25, -0.2) is 26.8 Å². The van der Waals surface area contributed by atoms with Crippen molar-refractivity contribution in [2.24, 2.45) is 5.14 Å². The van der Waals surface area contributed by atoms with Crippen molar-refractivity contribution in [1.82, 2.24) is 4.31 Å². The number of ether oxygens (including phenoxy) is 1. The molecule has 3 rings (SSSR count). The first-order valence-electron chi connectivity index (χ1n) is 9.56. The largest absolute Gasteiger partial charge is 0.465 e. The van der Waals surface area contributed by atoms with E-state index in [1.165, 1.54) is 54.7 Å². The molecule has 0 saturated carbocycles. The molecule has 0 bridgehead atoms. The van der Waals surface area contributed by atoms with E-state index in [1.807, 2.05) is 0 Å². The molecule has 0 atom stereocenters. The van der Waals surface area contributed by atoms with Gasteiger partial charge < -0.3 is 9.64 Å². The zero-order chi connectivity index (χ0) is 23.7. The van der Waals surface area contributed by atoms with Gasteiger partial charge in [0, 0.05) is 31.7 Å². The molecule has 12 heteroatoms. The minimum absolute atomic E-state index is 0.0233. The fraction of sp³-hybridized carbons (Fsp3) is 0.300. The molecule has 1 aliphatic rings. The van der Waals surface area contributed by atoms with Gasteiger partial charge in [-0.2, -0.15) is 4.31 Å². The first-order chi connectivity index (χ1) is 14.9. The normalized spacial score (nSPS) is 15.4. The number of esters is 1. The van der Waals surface area contributed by atoms with E-state index in [0.29, 0.717) is 11.3 Å². The average Bonchev–Trinajstić information content (AvgIpc) is 2.77. The lowest BCUT2D eigenvalue weighted by molar-refractivity contribution is 0.0601. The Balaban J connectivity index is 1.82. The van der Waals surface area contributed by atoms with Crippen LogP contribution in [0.3, 0.4) is 0 Å². The number of hydrogen-bond donors (Lipinski definition) is 1. The number of hydrogen-bond acceptors (Lipinski definition) is 8. The van der Waals surface area contributed by atoms with Crippen LogP contribution in [0.1, 0.15) is 27.6 Å². The number of piperazine rings is 1. The van der Waals surface area contributed by atoms with Crippen LogP contribution in [0, 0.1) is 0 Å². The van der Waals surface area contributed by atoms with Gasteiger partial charge in [-0.1, -0.05) is 12.1 Å². The zero-order valence-corrected chi connectivity index (χ0v) is 19.1. The highest BCUT2D eigenvalue weighted by Gasteiger charge is 2.30. The number of benzene rings is 2. The molecule has 1 heterocycles. The van der Waals surface area contributed by atoms with Crippen LogP contribution in [0.15, 0.2) is 52.3 Å².